The van der Waals surface area contributed by atoms with E-state index in [9.17, 15) is 0 Å². The number of nitrogens with one attached hydrogen (secondary N) is 1. The first kappa shape index (κ1) is 12.9. The van der Waals surface area contributed by atoms with Crippen LogP contribution in [0.5, 0.6) is 5.75 Å². The lowest BCUT2D eigenvalue weighted by atomic mass is 10.1. The zero-order valence-corrected chi connectivity index (χ0v) is 12.0. The highest BCUT2D eigenvalue weighted by molar-refractivity contribution is 5.41. The lowest BCUT2D eigenvalue weighted by Gasteiger charge is -2.31. The van der Waals surface area contributed by atoms with Gasteiger partial charge in [-0.2, -0.15) is 0 Å². The summed E-state index contributed by atoms with van der Waals surface area (Å²) in [6.07, 6.45) is 5.15. The molecule has 1 saturated heterocycles. The molecule has 0 amide bonds. The smallest absolute Gasteiger partial charge is 0.119 e. The van der Waals surface area contributed by atoms with E-state index in [0.717, 1.165) is 12.3 Å². The van der Waals surface area contributed by atoms with Crippen molar-refractivity contribution in [3.05, 3.63) is 29.3 Å². The second kappa shape index (κ2) is 5.51. The standard InChI is InChI=1S/C16H24N2O/c1-17-11-13-4-3-9-18(13)16-8-6-12-5-7-14(19-2)10-15(12)16/h5,7,10,13,16-17H,3-4,6,8-9,11H2,1-2H3. The third-order valence-corrected chi connectivity index (χ3v) is 4.66. The Morgan fingerprint density at radius 2 is 2.26 bits per heavy atom. The molecule has 0 spiro atoms. The maximum atomic E-state index is 5.39. The Kier molecular flexibility index (Phi) is 3.76. The molecule has 0 saturated carbocycles. The van der Waals surface area contributed by atoms with Crippen LogP contribution in [0.25, 0.3) is 0 Å². The van der Waals surface area contributed by atoms with Gasteiger partial charge in [0.05, 0.1) is 7.11 Å². The van der Waals surface area contributed by atoms with Crippen molar-refractivity contribution in [1.82, 2.24) is 10.2 Å². The second-order valence-electron chi connectivity index (χ2n) is 5.71. The van der Waals surface area contributed by atoms with E-state index in [4.69, 9.17) is 4.74 Å². The predicted molar refractivity (Wildman–Crippen MR) is 77.7 cm³/mol. The van der Waals surface area contributed by atoms with E-state index >= 15 is 0 Å². The number of hydrogen-bond donors (Lipinski definition) is 1. The topological polar surface area (TPSA) is 24.5 Å². The zero-order valence-electron chi connectivity index (χ0n) is 12.0. The number of likely N-dealkylation sites (tertiary alicyclic amines) is 1. The Hall–Kier alpha value is -1.06. The molecule has 3 rings (SSSR count). The fourth-order valence-electron chi connectivity index (χ4n) is 3.75. The van der Waals surface area contributed by atoms with Gasteiger partial charge in [-0.25, -0.2) is 0 Å². The molecule has 3 nitrogen and oxygen atoms in total. The number of nitrogens with zero attached hydrogens (tertiary/aromatic N) is 1. The fraction of sp³-hybridized carbons (Fsp3) is 0.625. The highest BCUT2D eigenvalue weighted by atomic mass is 16.5. The molecule has 1 heterocycles. The maximum absolute atomic E-state index is 5.39. The first-order valence-electron chi connectivity index (χ1n) is 7.40. The summed E-state index contributed by atoms with van der Waals surface area (Å²) < 4.78 is 5.39. The Labute approximate surface area is 115 Å². The van der Waals surface area contributed by atoms with E-state index in [1.807, 2.05) is 0 Å². The number of ether oxygens (including phenoxy) is 1. The Morgan fingerprint density at radius 3 is 3.05 bits per heavy atom. The van der Waals surface area contributed by atoms with Crippen molar-refractivity contribution in [2.45, 2.75) is 37.8 Å². The van der Waals surface area contributed by atoms with Gasteiger partial charge in [0, 0.05) is 18.6 Å². The highest BCUT2D eigenvalue weighted by Crippen LogP contribution is 2.40. The van der Waals surface area contributed by atoms with E-state index < -0.39 is 0 Å². The number of rotatable bonds is 4. The van der Waals surface area contributed by atoms with Gasteiger partial charge in [-0.3, -0.25) is 4.90 Å². The molecule has 0 radical (unpaired) electrons. The van der Waals surface area contributed by atoms with Crippen molar-refractivity contribution in [3.63, 3.8) is 0 Å². The Balaban J connectivity index is 1.84. The van der Waals surface area contributed by atoms with Crippen LogP contribution >= 0.6 is 0 Å². The summed E-state index contributed by atoms with van der Waals surface area (Å²) in [6, 6.07) is 7.90. The summed E-state index contributed by atoms with van der Waals surface area (Å²) in [5, 5.41) is 3.34. The van der Waals surface area contributed by atoms with Crippen LogP contribution < -0.4 is 10.1 Å². The number of methoxy groups -OCH3 is 1. The summed E-state index contributed by atoms with van der Waals surface area (Å²) in [5.41, 5.74) is 3.02. The van der Waals surface area contributed by atoms with Gasteiger partial charge in [-0.1, -0.05) is 6.07 Å². The van der Waals surface area contributed by atoms with E-state index in [1.165, 1.54) is 43.4 Å². The van der Waals surface area contributed by atoms with E-state index in [2.05, 4.69) is 35.5 Å². The number of benzene rings is 1. The Bertz CT molecular complexity index is 446. The maximum Gasteiger partial charge on any atom is 0.119 e. The van der Waals surface area contributed by atoms with Crippen LogP contribution in [0.2, 0.25) is 0 Å². The van der Waals surface area contributed by atoms with Crippen molar-refractivity contribution in [1.29, 1.82) is 0 Å². The van der Waals surface area contributed by atoms with Crippen LogP contribution in [0.4, 0.5) is 0 Å². The van der Waals surface area contributed by atoms with Crippen molar-refractivity contribution < 1.29 is 4.74 Å². The lowest BCUT2D eigenvalue weighted by Crippen LogP contribution is -2.38. The number of hydrogen-bond acceptors (Lipinski definition) is 3. The molecule has 104 valence electrons. The van der Waals surface area contributed by atoms with Crippen LogP contribution in [0, 0.1) is 0 Å². The molecule has 1 aliphatic heterocycles. The normalized spacial score (nSPS) is 26.6. The quantitative estimate of drug-likeness (QED) is 0.899. The fourth-order valence-corrected chi connectivity index (χ4v) is 3.75. The van der Waals surface area contributed by atoms with Crippen molar-refractivity contribution in [3.8, 4) is 5.75 Å². The molecule has 2 unspecified atom stereocenters. The average Bonchev–Trinajstić information content (AvgIpc) is 3.04. The highest BCUT2D eigenvalue weighted by Gasteiger charge is 2.34. The largest absolute Gasteiger partial charge is 0.497 e. The van der Waals surface area contributed by atoms with Crippen molar-refractivity contribution in [2.75, 3.05) is 27.2 Å². The molecule has 3 heteroatoms. The monoisotopic (exact) mass is 260 g/mol. The van der Waals surface area contributed by atoms with Crippen molar-refractivity contribution in [2.24, 2.45) is 0 Å². The molecule has 1 aromatic carbocycles. The van der Waals surface area contributed by atoms with Gasteiger partial charge in [-0.15, -0.1) is 0 Å². The summed E-state index contributed by atoms with van der Waals surface area (Å²) in [6.45, 7) is 2.35. The molecule has 2 atom stereocenters. The molecule has 1 fully saturated rings. The van der Waals surface area contributed by atoms with Crippen LogP contribution in [-0.2, 0) is 6.42 Å². The van der Waals surface area contributed by atoms with Gasteiger partial charge in [0.1, 0.15) is 5.75 Å². The Morgan fingerprint density at radius 1 is 1.37 bits per heavy atom. The lowest BCUT2D eigenvalue weighted by molar-refractivity contribution is 0.178. The van der Waals surface area contributed by atoms with Crippen LogP contribution in [-0.4, -0.2) is 38.2 Å². The van der Waals surface area contributed by atoms with E-state index in [-0.39, 0.29) is 0 Å². The van der Waals surface area contributed by atoms with Gasteiger partial charge < -0.3 is 10.1 Å². The molecule has 0 aromatic heterocycles. The third-order valence-electron chi connectivity index (χ3n) is 4.66. The van der Waals surface area contributed by atoms with Gasteiger partial charge in [0.15, 0.2) is 0 Å². The molecular weight excluding hydrogens is 236 g/mol. The zero-order chi connectivity index (χ0) is 13.2. The van der Waals surface area contributed by atoms with Gasteiger partial charge >= 0.3 is 0 Å². The summed E-state index contributed by atoms with van der Waals surface area (Å²) in [4.78, 5) is 2.71. The van der Waals surface area contributed by atoms with Gasteiger partial charge in [0.25, 0.3) is 0 Å². The van der Waals surface area contributed by atoms with Gasteiger partial charge in [-0.05, 0) is 62.5 Å². The molecule has 1 aromatic rings. The summed E-state index contributed by atoms with van der Waals surface area (Å²) >= 11 is 0. The first-order valence-corrected chi connectivity index (χ1v) is 7.40. The van der Waals surface area contributed by atoms with Crippen LogP contribution in [0.15, 0.2) is 18.2 Å². The molecule has 1 aliphatic carbocycles. The van der Waals surface area contributed by atoms with E-state index in [0.29, 0.717) is 12.1 Å². The molecule has 0 bridgehead atoms. The SMILES string of the molecule is CNCC1CCCN1C1CCc2ccc(OC)cc21. The minimum absolute atomic E-state index is 0.603. The number of likely N-dealkylation sites (N-methyl/N-ethyl adjacent to an activating group) is 1. The summed E-state index contributed by atoms with van der Waals surface area (Å²) in [7, 11) is 3.81. The van der Waals surface area contributed by atoms with Crippen molar-refractivity contribution >= 4 is 0 Å². The summed E-state index contributed by atoms with van der Waals surface area (Å²) in [5.74, 6) is 0.995. The first-order chi connectivity index (χ1) is 9.33. The van der Waals surface area contributed by atoms with Crippen LogP contribution in [0.1, 0.15) is 36.4 Å². The van der Waals surface area contributed by atoms with E-state index in [1.54, 1.807) is 7.11 Å². The van der Waals surface area contributed by atoms with Crippen LogP contribution in [0.3, 0.4) is 0 Å². The molecule has 2 aliphatic rings. The molecule has 19 heavy (non-hydrogen) atoms. The number of aryl methyl sites for hydroxylation is 1. The molecular formula is C16H24N2O. The second-order valence-corrected chi connectivity index (χ2v) is 5.71. The number of fused-ring (bicyclic) bond motifs is 1. The van der Waals surface area contributed by atoms with Gasteiger partial charge in [0.2, 0.25) is 0 Å². The molecule has 1 N–H and O–H groups in total. The minimum atomic E-state index is 0.603. The minimum Gasteiger partial charge on any atom is -0.497 e. The third kappa shape index (κ3) is 2.37. The average molecular weight is 260 g/mol. The predicted octanol–water partition coefficient (Wildman–Crippen LogP) is 2.37.